The van der Waals surface area contributed by atoms with Crippen molar-refractivity contribution in [1.82, 2.24) is 14.7 Å². The minimum Gasteiger partial charge on any atom is -0.383 e. The van der Waals surface area contributed by atoms with E-state index in [0.717, 1.165) is 41.9 Å². The highest BCUT2D eigenvalue weighted by molar-refractivity contribution is 6.11. The highest BCUT2D eigenvalue weighted by Crippen LogP contribution is 2.27. The smallest absolute Gasteiger partial charge is 0.194 e. The molecule has 0 radical (unpaired) electrons. The summed E-state index contributed by atoms with van der Waals surface area (Å²) < 4.78 is 1.92. The van der Waals surface area contributed by atoms with Crippen LogP contribution in [0.5, 0.6) is 0 Å². The van der Waals surface area contributed by atoms with E-state index in [4.69, 9.17) is 0 Å². The standard InChI is InChI=1S/C13H19N3O/c1-5-16-9(2)12-11(14-16)7-6-10(13(12)17)8-15(3)4/h8H,5-7H2,1-4H3/b10-8-. The van der Waals surface area contributed by atoms with Crippen molar-refractivity contribution < 1.29 is 4.79 Å². The van der Waals surface area contributed by atoms with E-state index < -0.39 is 0 Å². The van der Waals surface area contributed by atoms with Crippen molar-refractivity contribution in [3.63, 3.8) is 0 Å². The highest BCUT2D eigenvalue weighted by atomic mass is 16.1. The van der Waals surface area contributed by atoms with Crippen molar-refractivity contribution >= 4 is 5.78 Å². The molecule has 2 rings (SSSR count). The van der Waals surface area contributed by atoms with Crippen LogP contribution in [0, 0.1) is 6.92 Å². The lowest BCUT2D eigenvalue weighted by Gasteiger charge is -2.15. The number of aromatic nitrogens is 2. The molecular weight excluding hydrogens is 214 g/mol. The number of hydrogen-bond acceptors (Lipinski definition) is 3. The van der Waals surface area contributed by atoms with Crippen molar-refractivity contribution in [2.45, 2.75) is 33.2 Å². The number of allylic oxidation sites excluding steroid dienone is 1. The molecule has 92 valence electrons. The van der Waals surface area contributed by atoms with E-state index in [1.54, 1.807) is 0 Å². The Balaban J connectivity index is 2.45. The maximum absolute atomic E-state index is 12.4. The Morgan fingerprint density at radius 1 is 1.41 bits per heavy atom. The summed E-state index contributed by atoms with van der Waals surface area (Å²) in [5, 5.41) is 4.49. The third-order valence-electron chi connectivity index (χ3n) is 3.14. The van der Waals surface area contributed by atoms with E-state index in [0.29, 0.717) is 0 Å². The number of carbonyl (C=O) groups is 1. The number of nitrogens with zero attached hydrogens (tertiary/aromatic N) is 3. The van der Waals surface area contributed by atoms with E-state index in [9.17, 15) is 4.79 Å². The molecule has 0 atom stereocenters. The molecule has 0 aromatic carbocycles. The molecule has 1 aromatic heterocycles. The maximum atomic E-state index is 12.4. The Morgan fingerprint density at radius 3 is 2.71 bits per heavy atom. The molecule has 0 saturated carbocycles. The van der Waals surface area contributed by atoms with Gasteiger partial charge in [-0.2, -0.15) is 5.10 Å². The minimum absolute atomic E-state index is 0.150. The minimum atomic E-state index is 0.150. The van der Waals surface area contributed by atoms with Crippen LogP contribution in [0.25, 0.3) is 0 Å². The fourth-order valence-corrected chi connectivity index (χ4v) is 2.35. The molecule has 0 amide bonds. The zero-order chi connectivity index (χ0) is 12.6. The molecule has 1 aliphatic rings. The van der Waals surface area contributed by atoms with Gasteiger partial charge in [-0.15, -0.1) is 0 Å². The summed E-state index contributed by atoms with van der Waals surface area (Å²) in [4.78, 5) is 14.3. The van der Waals surface area contributed by atoms with E-state index in [-0.39, 0.29) is 5.78 Å². The lowest BCUT2D eigenvalue weighted by Crippen LogP contribution is -2.16. The average Bonchev–Trinajstić information content (AvgIpc) is 2.59. The van der Waals surface area contributed by atoms with Gasteiger partial charge in [0.2, 0.25) is 0 Å². The first kappa shape index (κ1) is 11.9. The van der Waals surface area contributed by atoms with E-state index in [2.05, 4.69) is 5.10 Å². The van der Waals surface area contributed by atoms with Gasteiger partial charge in [-0.1, -0.05) is 0 Å². The normalized spacial score (nSPS) is 17.4. The molecule has 0 spiro atoms. The highest BCUT2D eigenvalue weighted by Gasteiger charge is 2.27. The summed E-state index contributed by atoms with van der Waals surface area (Å²) in [6.07, 6.45) is 3.59. The third kappa shape index (κ3) is 1.99. The molecule has 1 aliphatic carbocycles. The predicted octanol–water partition coefficient (Wildman–Crippen LogP) is 1.79. The van der Waals surface area contributed by atoms with Gasteiger partial charge in [-0.25, -0.2) is 0 Å². The molecule has 0 aliphatic heterocycles. The Hall–Kier alpha value is -1.58. The van der Waals surface area contributed by atoms with Gasteiger partial charge in [0.15, 0.2) is 5.78 Å². The molecule has 17 heavy (non-hydrogen) atoms. The maximum Gasteiger partial charge on any atom is 0.194 e. The fraction of sp³-hybridized carbons (Fsp3) is 0.538. The van der Waals surface area contributed by atoms with Crippen LogP contribution in [0.3, 0.4) is 0 Å². The molecular formula is C13H19N3O. The fourth-order valence-electron chi connectivity index (χ4n) is 2.35. The van der Waals surface area contributed by atoms with E-state index in [1.165, 1.54) is 0 Å². The van der Waals surface area contributed by atoms with Crippen LogP contribution < -0.4 is 0 Å². The molecule has 1 heterocycles. The Labute approximate surface area is 102 Å². The molecule has 0 bridgehead atoms. The van der Waals surface area contributed by atoms with Crippen molar-refractivity contribution in [1.29, 1.82) is 0 Å². The molecule has 0 fully saturated rings. The Kier molecular flexibility index (Phi) is 3.05. The lowest BCUT2D eigenvalue weighted by molar-refractivity contribution is 0.102. The molecule has 4 nitrogen and oxygen atoms in total. The van der Waals surface area contributed by atoms with Gasteiger partial charge in [0.1, 0.15) is 0 Å². The summed E-state index contributed by atoms with van der Waals surface area (Å²) in [5.41, 5.74) is 3.68. The second kappa shape index (κ2) is 4.35. The van der Waals surface area contributed by atoms with E-state index in [1.807, 2.05) is 43.7 Å². The number of ketones is 1. The summed E-state index contributed by atoms with van der Waals surface area (Å²) in [7, 11) is 3.89. The number of carbonyl (C=O) groups excluding carboxylic acids is 1. The van der Waals surface area contributed by atoms with Crippen LogP contribution in [0.4, 0.5) is 0 Å². The van der Waals surface area contributed by atoms with Crippen LogP contribution in [0.2, 0.25) is 0 Å². The zero-order valence-corrected chi connectivity index (χ0v) is 10.9. The SMILES string of the molecule is CCn1nc2c(c1C)C(=O)/C(=C\N(C)C)CC2. The van der Waals surface area contributed by atoms with Gasteiger partial charge in [0.25, 0.3) is 0 Å². The Bertz CT molecular complexity index is 483. The van der Waals surface area contributed by atoms with Crippen molar-refractivity contribution in [2.75, 3.05) is 14.1 Å². The van der Waals surface area contributed by atoms with Crippen LogP contribution in [0.1, 0.15) is 35.1 Å². The summed E-state index contributed by atoms with van der Waals surface area (Å²) >= 11 is 0. The lowest BCUT2D eigenvalue weighted by atomic mass is 9.90. The first-order chi connectivity index (χ1) is 8.04. The number of fused-ring (bicyclic) bond motifs is 1. The largest absolute Gasteiger partial charge is 0.383 e. The number of Topliss-reactive ketones (excluding diaryl/α,β-unsaturated/α-hetero) is 1. The average molecular weight is 233 g/mol. The molecule has 4 heteroatoms. The van der Waals surface area contributed by atoms with Crippen LogP contribution in [0.15, 0.2) is 11.8 Å². The monoisotopic (exact) mass is 233 g/mol. The second-order valence-corrected chi connectivity index (χ2v) is 4.67. The molecule has 0 saturated heterocycles. The predicted molar refractivity (Wildman–Crippen MR) is 67.1 cm³/mol. The van der Waals surface area contributed by atoms with Crippen LogP contribution in [-0.2, 0) is 13.0 Å². The number of hydrogen-bond donors (Lipinski definition) is 0. The first-order valence-electron chi connectivity index (χ1n) is 6.02. The van der Waals surface area contributed by atoms with E-state index >= 15 is 0 Å². The van der Waals surface area contributed by atoms with Gasteiger partial charge in [0, 0.05) is 38.1 Å². The number of rotatable bonds is 2. The van der Waals surface area contributed by atoms with Crippen LogP contribution >= 0.6 is 0 Å². The number of aryl methyl sites for hydroxylation is 2. The topological polar surface area (TPSA) is 38.1 Å². The summed E-state index contributed by atoms with van der Waals surface area (Å²) in [6, 6.07) is 0. The third-order valence-corrected chi connectivity index (χ3v) is 3.14. The van der Waals surface area contributed by atoms with Crippen molar-refractivity contribution in [3.05, 3.63) is 28.7 Å². The van der Waals surface area contributed by atoms with Gasteiger partial charge >= 0.3 is 0 Å². The van der Waals surface area contributed by atoms with Crippen molar-refractivity contribution in [3.8, 4) is 0 Å². The second-order valence-electron chi connectivity index (χ2n) is 4.67. The van der Waals surface area contributed by atoms with Crippen LogP contribution in [-0.4, -0.2) is 34.6 Å². The summed E-state index contributed by atoms with van der Waals surface area (Å²) in [5.74, 6) is 0.150. The molecule has 1 aromatic rings. The zero-order valence-electron chi connectivity index (χ0n) is 10.9. The van der Waals surface area contributed by atoms with Gasteiger partial charge < -0.3 is 4.90 Å². The van der Waals surface area contributed by atoms with Gasteiger partial charge in [-0.05, 0) is 26.7 Å². The molecule has 0 N–H and O–H groups in total. The quantitative estimate of drug-likeness (QED) is 0.731. The summed E-state index contributed by atoms with van der Waals surface area (Å²) in [6.45, 7) is 4.84. The first-order valence-corrected chi connectivity index (χ1v) is 6.02. The van der Waals surface area contributed by atoms with Gasteiger partial charge in [0.05, 0.1) is 11.3 Å². The Morgan fingerprint density at radius 2 is 2.12 bits per heavy atom. The van der Waals surface area contributed by atoms with Crippen molar-refractivity contribution in [2.24, 2.45) is 0 Å². The molecule has 0 unspecified atom stereocenters. The van der Waals surface area contributed by atoms with Gasteiger partial charge in [-0.3, -0.25) is 9.48 Å².